The van der Waals surface area contributed by atoms with E-state index in [9.17, 15) is 4.79 Å². The topological polar surface area (TPSA) is 57.8 Å². The van der Waals surface area contributed by atoms with Crippen molar-refractivity contribution in [1.82, 2.24) is 15.5 Å². The summed E-state index contributed by atoms with van der Waals surface area (Å²) in [7, 11) is 0. The van der Waals surface area contributed by atoms with Crippen molar-refractivity contribution in [2.45, 2.75) is 33.1 Å². The molecule has 4 nitrogen and oxygen atoms in total. The Kier molecular flexibility index (Phi) is 3.68. The van der Waals surface area contributed by atoms with Gasteiger partial charge in [0.15, 0.2) is 0 Å². The first kappa shape index (κ1) is 10.8. The molecule has 1 aromatic rings. The third kappa shape index (κ3) is 2.58. The maximum atomic E-state index is 11.4. The third-order valence-corrected chi connectivity index (χ3v) is 1.99. The molecule has 78 valence electrons. The highest BCUT2D eigenvalue weighted by Crippen LogP contribution is 2.11. The van der Waals surface area contributed by atoms with Crippen LogP contribution in [0.2, 0.25) is 0 Å². The molecular formula is C10H17N3O. The molecule has 0 unspecified atom stereocenters. The summed E-state index contributed by atoms with van der Waals surface area (Å²) in [6, 6.07) is 1.80. The van der Waals surface area contributed by atoms with E-state index >= 15 is 0 Å². The van der Waals surface area contributed by atoms with Gasteiger partial charge in [0.25, 0.3) is 5.91 Å². The minimum Gasteiger partial charge on any atom is -0.351 e. The predicted octanol–water partition coefficient (Wildman–Crippen LogP) is 1.67. The number of nitrogens with one attached hydrogen (secondary N) is 2. The van der Waals surface area contributed by atoms with Crippen molar-refractivity contribution < 1.29 is 4.79 Å². The minimum atomic E-state index is -0.102. The summed E-state index contributed by atoms with van der Waals surface area (Å²) in [4.78, 5) is 11.4. The molecule has 0 spiro atoms. The molecule has 0 saturated carbocycles. The van der Waals surface area contributed by atoms with Gasteiger partial charge in [0.05, 0.1) is 0 Å². The van der Waals surface area contributed by atoms with Crippen LogP contribution in [-0.4, -0.2) is 22.6 Å². The van der Waals surface area contributed by atoms with Crippen LogP contribution in [0.1, 0.15) is 49.3 Å². The zero-order chi connectivity index (χ0) is 10.6. The van der Waals surface area contributed by atoms with Crippen molar-refractivity contribution in [2.75, 3.05) is 6.54 Å². The normalized spacial score (nSPS) is 10.6. The number of carbonyl (C=O) groups is 1. The molecule has 0 aromatic carbocycles. The number of rotatable bonds is 4. The van der Waals surface area contributed by atoms with E-state index in [1.165, 1.54) is 0 Å². The van der Waals surface area contributed by atoms with Crippen LogP contribution in [0.15, 0.2) is 6.07 Å². The first-order chi connectivity index (χ1) is 6.65. The SMILES string of the molecule is CCCNC(=O)c1cc(C(C)C)[nH]n1. The molecule has 14 heavy (non-hydrogen) atoms. The average molecular weight is 195 g/mol. The Labute approximate surface area is 84.1 Å². The smallest absolute Gasteiger partial charge is 0.271 e. The molecule has 0 aliphatic carbocycles. The van der Waals surface area contributed by atoms with Gasteiger partial charge in [0.2, 0.25) is 0 Å². The standard InChI is InChI=1S/C10H17N3O/c1-4-5-11-10(14)9-6-8(7(2)3)12-13-9/h6-7H,4-5H2,1-3H3,(H,11,14)(H,12,13). The van der Waals surface area contributed by atoms with Crippen molar-refractivity contribution in [2.24, 2.45) is 0 Å². The van der Waals surface area contributed by atoms with E-state index < -0.39 is 0 Å². The van der Waals surface area contributed by atoms with Gasteiger partial charge in [-0.3, -0.25) is 9.89 Å². The van der Waals surface area contributed by atoms with Gasteiger partial charge in [-0.2, -0.15) is 5.10 Å². The van der Waals surface area contributed by atoms with Gasteiger partial charge in [0.1, 0.15) is 5.69 Å². The third-order valence-electron chi connectivity index (χ3n) is 1.99. The number of aromatic amines is 1. The van der Waals surface area contributed by atoms with Crippen molar-refractivity contribution in [3.05, 3.63) is 17.5 Å². The van der Waals surface area contributed by atoms with Gasteiger partial charge < -0.3 is 5.32 Å². The summed E-state index contributed by atoms with van der Waals surface area (Å²) in [5, 5.41) is 9.58. The van der Waals surface area contributed by atoms with Crippen LogP contribution in [0, 0.1) is 0 Å². The summed E-state index contributed by atoms with van der Waals surface area (Å²) < 4.78 is 0. The molecule has 0 aliphatic rings. The van der Waals surface area contributed by atoms with Crippen molar-refractivity contribution in [3.8, 4) is 0 Å². The highest BCUT2D eigenvalue weighted by Gasteiger charge is 2.10. The second-order valence-electron chi connectivity index (χ2n) is 3.62. The van der Waals surface area contributed by atoms with E-state index in [4.69, 9.17) is 0 Å². The highest BCUT2D eigenvalue weighted by atomic mass is 16.1. The van der Waals surface area contributed by atoms with Crippen LogP contribution in [-0.2, 0) is 0 Å². The summed E-state index contributed by atoms with van der Waals surface area (Å²) in [5.74, 6) is 0.269. The number of H-pyrrole nitrogens is 1. The maximum absolute atomic E-state index is 11.4. The zero-order valence-corrected chi connectivity index (χ0v) is 8.92. The Balaban J connectivity index is 2.62. The molecule has 0 aliphatic heterocycles. The second-order valence-corrected chi connectivity index (χ2v) is 3.62. The Morgan fingerprint density at radius 2 is 2.36 bits per heavy atom. The van der Waals surface area contributed by atoms with Crippen LogP contribution < -0.4 is 5.32 Å². The summed E-state index contributed by atoms with van der Waals surface area (Å²) >= 11 is 0. The largest absolute Gasteiger partial charge is 0.351 e. The van der Waals surface area contributed by atoms with Gasteiger partial charge in [-0.05, 0) is 18.4 Å². The number of aromatic nitrogens is 2. The Morgan fingerprint density at radius 1 is 1.64 bits per heavy atom. The molecule has 0 fully saturated rings. The van der Waals surface area contributed by atoms with E-state index in [0.29, 0.717) is 18.2 Å². The van der Waals surface area contributed by atoms with Crippen LogP contribution in [0.5, 0.6) is 0 Å². The molecule has 1 aromatic heterocycles. The lowest BCUT2D eigenvalue weighted by molar-refractivity contribution is 0.0948. The summed E-state index contributed by atoms with van der Waals surface area (Å²) in [6.07, 6.45) is 0.938. The van der Waals surface area contributed by atoms with Crippen LogP contribution >= 0.6 is 0 Å². The summed E-state index contributed by atoms with van der Waals surface area (Å²) in [5.41, 5.74) is 1.47. The maximum Gasteiger partial charge on any atom is 0.271 e. The highest BCUT2D eigenvalue weighted by molar-refractivity contribution is 5.92. The predicted molar refractivity (Wildman–Crippen MR) is 55.3 cm³/mol. The lowest BCUT2D eigenvalue weighted by atomic mass is 10.1. The van der Waals surface area contributed by atoms with E-state index in [0.717, 1.165) is 12.1 Å². The van der Waals surface area contributed by atoms with Crippen molar-refractivity contribution in [1.29, 1.82) is 0 Å². The van der Waals surface area contributed by atoms with Gasteiger partial charge in [-0.1, -0.05) is 20.8 Å². The molecule has 0 saturated heterocycles. The number of carbonyl (C=O) groups excluding carboxylic acids is 1. The molecule has 0 atom stereocenters. The van der Waals surface area contributed by atoms with Gasteiger partial charge in [0, 0.05) is 12.2 Å². The molecule has 1 amide bonds. The van der Waals surface area contributed by atoms with Crippen LogP contribution in [0.4, 0.5) is 0 Å². The molecule has 0 bridgehead atoms. The van der Waals surface area contributed by atoms with Gasteiger partial charge >= 0.3 is 0 Å². The quantitative estimate of drug-likeness (QED) is 0.767. The van der Waals surface area contributed by atoms with Gasteiger partial charge in [-0.25, -0.2) is 0 Å². The lowest BCUT2D eigenvalue weighted by Crippen LogP contribution is -2.24. The van der Waals surface area contributed by atoms with Crippen LogP contribution in [0.3, 0.4) is 0 Å². The molecule has 4 heteroatoms. The average Bonchev–Trinajstić information content (AvgIpc) is 2.62. The van der Waals surface area contributed by atoms with E-state index in [2.05, 4.69) is 29.4 Å². The number of nitrogens with zero attached hydrogens (tertiary/aromatic N) is 1. The zero-order valence-electron chi connectivity index (χ0n) is 8.92. The van der Waals surface area contributed by atoms with Crippen LogP contribution in [0.25, 0.3) is 0 Å². The fourth-order valence-corrected chi connectivity index (χ4v) is 1.08. The molecular weight excluding hydrogens is 178 g/mol. The van der Waals surface area contributed by atoms with Crippen molar-refractivity contribution >= 4 is 5.91 Å². The second kappa shape index (κ2) is 4.79. The monoisotopic (exact) mass is 195 g/mol. The number of hydrogen-bond acceptors (Lipinski definition) is 2. The molecule has 0 radical (unpaired) electrons. The molecule has 2 N–H and O–H groups in total. The minimum absolute atomic E-state index is 0.102. The Hall–Kier alpha value is -1.32. The molecule has 1 heterocycles. The van der Waals surface area contributed by atoms with E-state index in [1.807, 2.05) is 6.92 Å². The number of amides is 1. The Bertz CT molecular complexity index is 304. The fourth-order valence-electron chi connectivity index (χ4n) is 1.08. The van der Waals surface area contributed by atoms with Crippen molar-refractivity contribution in [3.63, 3.8) is 0 Å². The van der Waals surface area contributed by atoms with Gasteiger partial charge in [-0.15, -0.1) is 0 Å². The summed E-state index contributed by atoms with van der Waals surface area (Å²) in [6.45, 7) is 6.83. The molecule has 1 rings (SSSR count). The number of hydrogen-bond donors (Lipinski definition) is 2. The lowest BCUT2D eigenvalue weighted by Gasteiger charge is -1.98. The fraction of sp³-hybridized carbons (Fsp3) is 0.600. The Morgan fingerprint density at radius 3 is 2.86 bits per heavy atom. The first-order valence-electron chi connectivity index (χ1n) is 4.98. The van der Waals surface area contributed by atoms with E-state index in [1.54, 1.807) is 6.07 Å². The first-order valence-corrected chi connectivity index (χ1v) is 4.98. The van der Waals surface area contributed by atoms with E-state index in [-0.39, 0.29) is 5.91 Å².